The van der Waals surface area contributed by atoms with Gasteiger partial charge in [0.15, 0.2) is 0 Å². The van der Waals surface area contributed by atoms with Crippen molar-refractivity contribution in [3.05, 3.63) is 40.8 Å². The molecule has 0 spiro atoms. The molecule has 2 rings (SSSR count). The fourth-order valence-corrected chi connectivity index (χ4v) is 2.94. The Balaban J connectivity index is 2.81. The van der Waals surface area contributed by atoms with Gasteiger partial charge < -0.3 is 0 Å². The molecule has 1 aromatic carbocycles. The first-order chi connectivity index (χ1) is 6.76. The van der Waals surface area contributed by atoms with Gasteiger partial charge in [-0.2, -0.15) is 0 Å². The lowest BCUT2D eigenvalue weighted by molar-refractivity contribution is 1.16. The average molecular weight is 202 g/mol. The standard InChI is InChI=1S/C13H14S/c1-4-10-11-8-9(3)6-7-13(11)14-12(10)5-2/h5-8H,2,4H2,1,3H3. The average Bonchev–Trinajstić information content (AvgIpc) is 2.54. The van der Waals surface area contributed by atoms with Crippen molar-refractivity contribution in [2.45, 2.75) is 20.3 Å². The highest BCUT2D eigenvalue weighted by molar-refractivity contribution is 7.20. The lowest BCUT2D eigenvalue weighted by atomic mass is 10.1. The highest BCUT2D eigenvalue weighted by Crippen LogP contribution is 2.32. The summed E-state index contributed by atoms with van der Waals surface area (Å²) in [5, 5.41) is 1.41. The first-order valence-corrected chi connectivity index (χ1v) is 5.72. The summed E-state index contributed by atoms with van der Waals surface area (Å²) in [6.45, 7) is 8.22. The molecule has 14 heavy (non-hydrogen) atoms. The van der Waals surface area contributed by atoms with Gasteiger partial charge in [0.1, 0.15) is 0 Å². The third-order valence-electron chi connectivity index (χ3n) is 2.52. The van der Waals surface area contributed by atoms with Crippen LogP contribution in [0.3, 0.4) is 0 Å². The zero-order valence-electron chi connectivity index (χ0n) is 8.63. The molecular weight excluding hydrogens is 188 g/mol. The van der Waals surface area contributed by atoms with Crippen LogP contribution >= 0.6 is 11.3 Å². The fourth-order valence-electron chi connectivity index (χ4n) is 1.81. The molecule has 1 heterocycles. The molecule has 0 amide bonds. The monoisotopic (exact) mass is 202 g/mol. The van der Waals surface area contributed by atoms with Crippen LogP contribution in [0.1, 0.15) is 22.9 Å². The molecule has 72 valence electrons. The molecule has 2 aromatic rings. The molecule has 0 aliphatic heterocycles. The van der Waals surface area contributed by atoms with Gasteiger partial charge >= 0.3 is 0 Å². The molecule has 0 unspecified atom stereocenters. The third-order valence-corrected chi connectivity index (χ3v) is 3.73. The molecule has 0 radical (unpaired) electrons. The van der Waals surface area contributed by atoms with Gasteiger partial charge in [0.05, 0.1) is 0 Å². The number of benzene rings is 1. The van der Waals surface area contributed by atoms with Crippen LogP contribution in [0, 0.1) is 6.92 Å². The second-order valence-electron chi connectivity index (χ2n) is 3.50. The highest BCUT2D eigenvalue weighted by Gasteiger charge is 2.07. The van der Waals surface area contributed by atoms with Crippen LogP contribution in [0.15, 0.2) is 24.8 Å². The van der Waals surface area contributed by atoms with E-state index in [4.69, 9.17) is 0 Å². The predicted molar refractivity (Wildman–Crippen MR) is 66.0 cm³/mol. The maximum atomic E-state index is 3.87. The Morgan fingerprint density at radius 3 is 2.86 bits per heavy atom. The van der Waals surface area contributed by atoms with Gasteiger partial charge in [0.25, 0.3) is 0 Å². The Kier molecular flexibility index (Phi) is 2.42. The summed E-state index contributed by atoms with van der Waals surface area (Å²) in [5.74, 6) is 0. The highest BCUT2D eigenvalue weighted by atomic mass is 32.1. The van der Waals surface area contributed by atoms with Gasteiger partial charge in [-0.15, -0.1) is 11.3 Å². The summed E-state index contributed by atoms with van der Waals surface area (Å²) in [5.41, 5.74) is 2.78. The third kappa shape index (κ3) is 1.38. The zero-order chi connectivity index (χ0) is 10.1. The molecule has 0 saturated heterocycles. The van der Waals surface area contributed by atoms with Gasteiger partial charge in [0, 0.05) is 9.58 Å². The van der Waals surface area contributed by atoms with E-state index in [-0.39, 0.29) is 0 Å². The van der Waals surface area contributed by atoms with Crippen molar-refractivity contribution in [1.29, 1.82) is 0 Å². The maximum absolute atomic E-state index is 3.87. The number of aryl methyl sites for hydroxylation is 2. The van der Waals surface area contributed by atoms with Crippen molar-refractivity contribution in [1.82, 2.24) is 0 Å². The molecule has 1 aromatic heterocycles. The van der Waals surface area contributed by atoms with E-state index < -0.39 is 0 Å². The Morgan fingerprint density at radius 1 is 1.43 bits per heavy atom. The number of thiophene rings is 1. The first-order valence-electron chi connectivity index (χ1n) is 4.90. The summed E-state index contributed by atoms with van der Waals surface area (Å²) in [6.07, 6.45) is 3.06. The van der Waals surface area contributed by atoms with E-state index in [2.05, 4.69) is 38.6 Å². The molecule has 0 aliphatic rings. The van der Waals surface area contributed by atoms with E-state index in [1.54, 1.807) is 0 Å². The van der Waals surface area contributed by atoms with Crippen LogP contribution < -0.4 is 0 Å². The van der Waals surface area contributed by atoms with Crippen molar-refractivity contribution >= 4 is 27.5 Å². The van der Waals surface area contributed by atoms with Crippen LogP contribution in [0.25, 0.3) is 16.2 Å². The number of rotatable bonds is 2. The lowest BCUT2D eigenvalue weighted by Crippen LogP contribution is -1.80. The van der Waals surface area contributed by atoms with Gasteiger partial charge in [-0.3, -0.25) is 0 Å². The largest absolute Gasteiger partial charge is 0.136 e. The molecule has 0 bridgehead atoms. The topological polar surface area (TPSA) is 0 Å². The van der Waals surface area contributed by atoms with E-state index in [9.17, 15) is 0 Å². The van der Waals surface area contributed by atoms with Crippen LogP contribution in [-0.2, 0) is 6.42 Å². The number of hydrogen-bond acceptors (Lipinski definition) is 1. The fraction of sp³-hybridized carbons (Fsp3) is 0.231. The number of hydrogen-bond donors (Lipinski definition) is 0. The van der Waals surface area contributed by atoms with E-state index in [0.29, 0.717) is 0 Å². The van der Waals surface area contributed by atoms with Gasteiger partial charge in [-0.1, -0.05) is 37.3 Å². The molecule has 1 heteroatoms. The summed E-state index contributed by atoms with van der Waals surface area (Å²) in [4.78, 5) is 1.33. The van der Waals surface area contributed by atoms with E-state index in [0.717, 1.165) is 6.42 Å². The first kappa shape index (κ1) is 9.47. The smallest absolute Gasteiger partial charge is 0.0352 e. The molecule has 0 nitrogen and oxygen atoms in total. The summed E-state index contributed by atoms with van der Waals surface area (Å²) in [6, 6.07) is 6.66. The van der Waals surface area contributed by atoms with E-state index in [1.807, 2.05) is 17.4 Å². The Morgan fingerprint density at radius 2 is 2.21 bits per heavy atom. The van der Waals surface area contributed by atoms with Crippen molar-refractivity contribution in [3.63, 3.8) is 0 Å². The maximum Gasteiger partial charge on any atom is 0.0352 e. The minimum absolute atomic E-state index is 1.09. The predicted octanol–water partition coefficient (Wildman–Crippen LogP) is 4.42. The molecule has 0 atom stereocenters. The van der Waals surface area contributed by atoms with Crippen LogP contribution in [0.5, 0.6) is 0 Å². The Bertz CT molecular complexity index is 477. The molecule has 0 N–H and O–H groups in total. The lowest BCUT2D eigenvalue weighted by Gasteiger charge is -1.97. The minimum atomic E-state index is 1.09. The molecule has 0 aliphatic carbocycles. The second-order valence-corrected chi connectivity index (χ2v) is 4.59. The zero-order valence-corrected chi connectivity index (χ0v) is 9.45. The molecule has 0 saturated carbocycles. The van der Waals surface area contributed by atoms with Gasteiger partial charge in [-0.25, -0.2) is 0 Å². The normalized spacial score (nSPS) is 10.7. The van der Waals surface area contributed by atoms with Crippen molar-refractivity contribution < 1.29 is 0 Å². The molecule has 0 fully saturated rings. The van der Waals surface area contributed by atoms with E-state index in [1.165, 1.54) is 26.1 Å². The van der Waals surface area contributed by atoms with Crippen LogP contribution in [-0.4, -0.2) is 0 Å². The van der Waals surface area contributed by atoms with E-state index >= 15 is 0 Å². The number of fused-ring (bicyclic) bond motifs is 1. The minimum Gasteiger partial charge on any atom is -0.136 e. The molecular formula is C13H14S. The summed E-state index contributed by atoms with van der Waals surface area (Å²) >= 11 is 1.84. The quantitative estimate of drug-likeness (QED) is 0.676. The SMILES string of the molecule is C=Cc1sc2ccc(C)cc2c1CC. The summed E-state index contributed by atoms with van der Waals surface area (Å²) < 4.78 is 1.38. The van der Waals surface area contributed by atoms with Crippen molar-refractivity contribution in [2.75, 3.05) is 0 Å². The Labute approximate surface area is 88.9 Å². The van der Waals surface area contributed by atoms with Crippen molar-refractivity contribution in [3.8, 4) is 0 Å². The van der Waals surface area contributed by atoms with Gasteiger partial charge in [-0.05, 0) is 30.4 Å². The second kappa shape index (κ2) is 3.58. The van der Waals surface area contributed by atoms with Crippen LogP contribution in [0.2, 0.25) is 0 Å². The van der Waals surface area contributed by atoms with Crippen molar-refractivity contribution in [2.24, 2.45) is 0 Å². The summed E-state index contributed by atoms with van der Waals surface area (Å²) in [7, 11) is 0. The van der Waals surface area contributed by atoms with Gasteiger partial charge in [0.2, 0.25) is 0 Å². The van der Waals surface area contributed by atoms with Crippen LogP contribution in [0.4, 0.5) is 0 Å². The Hall–Kier alpha value is -1.08.